The van der Waals surface area contributed by atoms with Crippen LogP contribution in [-0.2, 0) is 4.79 Å². The highest BCUT2D eigenvalue weighted by atomic mass is 127. The Labute approximate surface area is 174 Å². The molecule has 1 saturated carbocycles. The summed E-state index contributed by atoms with van der Waals surface area (Å²) in [6.45, 7) is 11.3. The smallest absolute Gasteiger partial charge is 0.223 e. The molecule has 1 amide bonds. The molecular formula is C18H35IN4OS. The number of halogens is 1. The number of guanidine groups is 1. The Balaban J connectivity index is 0.00000312. The first-order valence-corrected chi connectivity index (χ1v) is 10.6. The van der Waals surface area contributed by atoms with Crippen molar-refractivity contribution in [3.05, 3.63) is 0 Å². The molecule has 0 aromatic rings. The molecular weight excluding hydrogens is 447 g/mol. The minimum absolute atomic E-state index is 0. The molecule has 2 rings (SSSR count). The first-order valence-electron chi connectivity index (χ1n) is 9.54. The lowest BCUT2D eigenvalue weighted by Gasteiger charge is -2.36. The SMILES string of the molecule is CCNC(=NCCCNC(=O)C1CCC1)N1CCSC(C(C)C)C1.I. The van der Waals surface area contributed by atoms with E-state index < -0.39 is 0 Å². The molecule has 1 atom stereocenters. The second kappa shape index (κ2) is 12.3. The number of nitrogens with one attached hydrogen (secondary N) is 2. The van der Waals surface area contributed by atoms with Crippen LogP contribution >= 0.6 is 35.7 Å². The van der Waals surface area contributed by atoms with Gasteiger partial charge in [-0.3, -0.25) is 9.79 Å². The lowest BCUT2D eigenvalue weighted by Crippen LogP contribution is -2.49. The van der Waals surface area contributed by atoms with E-state index in [9.17, 15) is 4.79 Å². The lowest BCUT2D eigenvalue weighted by atomic mass is 9.85. The van der Waals surface area contributed by atoms with E-state index in [0.717, 1.165) is 57.9 Å². The van der Waals surface area contributed by atoms with E-state index >= 15 is 0 Å². The number of amides is 1. The van der Waals surface area contributed by atoms with Gasteiger partial charge >= 0.3 is 0 Å². The van der Waals surface area contributed by atoms with E-state index in [-0.39, 0.29) is 35.8 Å². The molecule has 0 aromatic heterocycles. The van der Waals surface area contributed by atoms with Gasteiger partial charge in [0.05, 0.1) is 0 Å². The van der Waals surface area contributed by atoms with Gasteiger partial charge in [0, 0.05) is 49.6 Å². The topological polar surface area (TPSA) is 56.7 Å². The number of nitrogens with zero attached hydrogens (tertiary/aromatic N) is 2. The molecule has 0 spiro atoms. The van der Waals surface area contributed by atoms with Crippen LogP contribution in [0.3, 0.4) is 0 Å². The van der Waals surface area contributed by atoms with Gasteiger partial charge in [0.1, 0.15) is 0 Å². The highest BCUT2D eigenvalue weighted by Crippen LogP contribution is 2.26. The predicted molar refractivity (Wildman–Crippen MR) is 119 cm³/mol. The summed E-state index contributed by atoms with van der Waals surface area (Å²) >= 11 is 2.08. The van der Waals surface area contributed by atoms with Crippen LogP contribution in [0.2, 0.25) is 0 Å². The molecule has 1 aliphatic heterocycles. The summed E-state index contributed by atoms with van der Waals surface area (Å²) in [6, 6.07) is 0. The van der Waals surface area contributed by atoms with Crippen LogP contribution in [0.15, 0.2) is 4.99 Å². The molecule has 0 aromatic carbocycles. The van der Waals surface area contributed by atoms with Crippen molar-refractivity contribution in [1.82, 2.24) is 15.5 Å². The molecule has 1 heterocycles. The van der Waals surface area contributed by atoms with Crippen molar-refractivity contribution in [2.24, 2.45) is 16.8 Å². The van der Waals surface area contributed by atoms with Gasteiger partial charge in [-0.05, 0) is 32.1 Å². The van der Waals surface area contributed by atoms with Crippen molar-refractivity contribution in [3.8, 4) is 0 Å². The highest BCUT2D eigenvalue weighted by molar-refractivity contribution is 14.0. The Morgan fingerprint density at radius 1 is 1.32 bits per heavy atom. The van der Waals surface area contributed by atoms with Crippen LogP contribution in [0.25, 0.3) is 0 Å². The normalized spacial score (nSPS) is 21.5. The molecule has 1 unspecified atom stereocenters. The standard InChI is InChI=1S/C18H34N4OS.HI/c1-4-19-18(22-11-12-24-16(13-22)14(2)3)21-10-6-9-20-17(23)15-7-5-8-15;/h14-16H,4-13H2,1-3H3,(H,19,21)(H,20,23);1H. The highest BCUT2D eigenvalue weighted by Gasteiger charge is 2.25. The molecule has 0 bridgehead atoms. The zero-order chi connectivity index (χ0) is 17.4. The quantitative estimate of drug-likeness (QED) is 0.254. The summed E-state index contributed by atoms with van der Waals surface area (Å²) < 4.78 is 0. The zero-order valence-corrected chi connectivity index (χ0v) is 19.1. The van der Waals surface area contributed by atoms with Crippen LogP contribution in [0.4, 0.5) is 0 Å². The maximum absolute atomic E-state index is 11.8. The third kappa shape index (κ3) is 7.53. The van der Waals surface area contributed by atoms with Gasteiger partial charge in [-0.2, -0.15) is 11.8 Å². The third-order valence-corrected chi connectivity index (χ3v) is 6.38. The second-order valence-corrected chi connectivity index (χ2v) is 8.45. The average Bonchev–Trinajstić information content (AvgIpc) is 2.52. The van der Waals surface area contributed by atoms with Crippen molar-refractivity contribution in [2.45, 2.75) is 51.7 Å². The van der Waals surface area contributed by atoms with Gasteiger partial charge < -0.3 is 15.5 Å². The van der Waals surface area contributed by atoms with Crippen LogP contribution < -0.4 is 10.6 Å². The molecule has 25 heavy (non-hydrogen) atoms. The number of aliphatic imine (C=N–C) groups is 1. The number of carbonyl (C=O) groups is 1. The molecule has 1 aliphatic carbocycles. The van der Waals surface area contributed by atoms with Crippen molar-refractivity contribution in [3.63, 3.8) is 0 Å². The van der Waals surface area contributed by atoms with Crippen molar-refractivity contribution in [1.29, 1.82) is 0 Å². The summed E-state index contributed by atoms with van der Waals surface area (Å²) in [5, 5.41) is 7.16. The van der Waals surface area contributed by atoms with E-state index in [2.05, 4.69) is 48.1 Å². The monoisotopic (exact) mass is 482 g/mol. The van der Waals surface area contributed by atoms with E-state index in [4.69, 9.17) is 4.99 Å². The van der Waals surface area contributed by atoms with Crippen LogP contribution in [0.5, 0.6) is 0 Å². The van der Waals surface area contributed by atoms with Gasteiger partial charge in [0.15, 0.2) is 5.96 Å². The second-order valence-electron chi connectivity index (χ2n) is 7.11. The van der Waals surface area contributed by atoms with Crippen LogP contribution in [0.1, 0.15) is 46.5 Å². The van der Waals surface area contributed by atoms with Gasteiger partial charge in [-0.15, -0.1) is 24.0 Å². The van der Waals surface area contributed by atoms with Gasteiger partial charge in [-0.25, -0.2) is 0 Å². The van der Waals surface area contributed by atoms with Gasteiger partial charge in [-0.1, -0.05) is 20.3 Å². The lowest BCUT2D eigenvalue weighted by molar-refractivity contribution is -0.127. The van der Waals surface area contributed by atoms with Crippen molar-refractivity contribution in [2.75, 3.05) is 38.5 Å². The molecule has 0 radical (unpaired) electrons. The molecule has 7 heteroatoms. The van der Waals surface area contributed by atoms with Crippen LogP contribution in [-0.4, -0.2) is 60.5 Å². The predicted octanol–water partition coefficient (Wildman–Crippen LogP) is 2.95. The zero-order valence-electron chi connectivity index (χ0n) is 15.9. The molecule has 1 saturated heterocycles. The Hall–Kier alpha value is -0.180. The number of thioether (sulfide) groups is 1. The molecule has 2 N–H and O–H groups in total. The largest absolute Gasteiger partial charge is 0.357 e. The fourth-order valence-electron chi connectivity index (χ4n) is 2.99. The first-order chi connectivity index (χ1) is 11.6. The molecule has 146 valence electrons. The van der Waals surface area contributed by atoms with E-state index in [1.807, 2.05) is 0 Å². The fraction of sp³-hybridized carbons (Fsp3) is 0.889. The minimum Gasteiger partial charge on any atom is -0.357 e. The summed E-state index contributed by atoms with van der Waals surface area (Å²) in [7, 11) is 0. The Morgan fingerprint density at radius 3 is 2.68 bits per heavy atom. The summed E-state index contributed by atoms with van der Waals surface area (Å²) in [6.07, 6.45) is 4.25. The van der Waals surface area contributed by atoms with E-state index in [1.165, 1.54) is 12.2 Å². The van der Waals surface area contributed by atoms with E-state index in [0.29, 0.717) is 11.2 Å². The number of hydrogen-bond acceptors (Lipinski definition) is 3. The van der Waals surface area contributed by atoms with Gasteiger partial charge in [0.25, 0.3) is 0 Å². The first kappa shape index (κ1) is 22.9. The Bertz CT molecular complexity index is 429. The molecule has 2 fully saturated rings. The maximum Gasteiger partial charge on any atom is 0.223 e. The van der Waals surface area contributed by atoms with Crippen molar-refractivity contribution >= 4 is 47.6 Å². The maximum atomic E-state index is 11.8. The average molecular weight is 482 g/mol. The fourth-order valence-corrected chi connectivity index (χ4v) is 4.29. The summed E-state index contributed by atoms with van der Waals surface area (Å²) in [5.74, 6) is 3.43. The van der Waals surface area contributed by atoms with Crippen molar-refractivity contribution < 1.29 is 4.79 Å². The molecule has 5 nitrogen and oxygen atoms in total. The minimum atomic E-state index is 0. The van der Waals surface area contributed by atoms with Crippen LogP contribution in [0, 0.1) is 11.8 Å². The Kier molecular flexibility index (Phi) is 11.2. The molecule has 2 aliphatic rings. The Morgan fingerprint density at radius 2 is 2.08 bits per heavy atom. The summed E-state index contributed by atoms with van der Waals surface area (Å²) in [5.41, 5.74) is 0. The number of hydrogen-bond donors (Lipinski definition) is 2. The van der Waals surface area contributed by atoms with Gasteiger partial charge in [0.2, 0.25) is 5.91 Å². The number of rotatable bonds is 7. The third-order valence-electron chi connectivity index (χ3n) is 4.84. The van der Waals surface area contributed by atoms with E-state index in [1.54, 1.807) is 0 Å². The number of carbonyl (C=O) groups excluding carboxylic acids is 1. The summed E-state index contributed by atoms with van der Waals surface area (Å²) in [4.78, 5) is 19.0.